The van der Waals surface area contributed by atoms with E-state index in [4.69, 9.17) is 0 Å². The Labute approximate surface area is 67.6 Å². The Balaban J connectivity index is 3.11. The number of hydrogen-bond acceptors (Lipinski definition) is 2. The van der Waals surface area contributed by atoms with E-state index in [0.29, 0.717) is 0 Å². The number of nitrogens with one attached hydrogen (secondary N) is 1. The molecule has 0 saturated heterocycles. The standard InChI is InChI=1S/C8H15NS/c1-4-6-10-7-9-8(3)5-2/h4,6,9H,3,5,7H2,1-2H3/b6-4-. The van der Waals surface area contributed by atoms with E-state index < -0.39 is 0 Å². The van der Waals surface area contributed by atoms with E-state index in [1.807, 2.05) is 13.0 Å². The maximum atomic E-state index is 3.82. The van der Waals surface area contributed by atoms with Gasteiger partial charge in [-0.15, -0.1) is 11.8 Å². The lowest BCUT2D eigenvalue weighted by atomic mass is 10.4. The molecule has 1 N–H and O–H groups in total. The van der Waals surface area contributed by atoms with Gasteiger partial charge in [0, 0.05) is 5.70 Å². The van der Waals surface area contributed by atoms with E-state index in [9.17, 15) is 0 Å². The smallest absolute Gasteiger partial charge is 0.0647 e. The monoisotopic (exact) mass is 157 g/mol. The first-order chi connectivity index (χ1) is 4.81. The van der Waals surface area contributed by atoms with Crippen molar-refractivity contribution in [2.24, 2.45) is 0 Å². The highest BCUT2D eigenvalue weighted by Gasteiger charge is 1.84. The lowest BCUT2D eigenvalue weighted by molar-refractivity contribution is 0.889. The second-order valence-corrected chi connectivity index (χ2v) is 2.81. The summed E-state index contributed by atoms with van der Waals surface area (Å²) in [7, 11) is 0. The topological polar surface area (TPSA) is 12.0 Å². The van der Waals surface area contributed by atoms with Crippen LogP contribution in [0.25, 0.3) is 0 Å². The second kappa shape index (κ2) is 6.75. The second-order valence-electron chi connectivity index (χ2n) is 1.91. The van der Waals surface area contributed by atoms with Crippen LogP contribution < -0.4 is 5.32 Å². The Morgan fingerprint density at radius 1 is 1.70 bits per heavy atom. The van der Waals surface area contributed by atoms with Crippen molar-refractivity contribution in [1.29, 1.82) is 0 Å². The summed E-state index contributed by atoms with van der Waals surface area (Å²) in [5.74, 6) is 0.928. The molecule has 0 aliphatic rings. The van der Waals surface area contributed by atoms with Gasteiger partial charge in [0.1, 0.15) is 0 Å². The average molecular weight is 157 g/mol. The molecule has 1 nitrogen and oxygen atoms in total. The quantitative estimate of drug-likeness (QED) is 0.486. The minimum absolute atomic E-state index is 0.928. The van der Waals surface area contributed by atoms with Crippen molar-refractivity contribution in [1.82, 2.24) is 5.32 Å². The molecule has 10 heavy (non-hydrogen) atoms. The van der Waals surface area contributed by atoms with Gasteiger partial charge in [0.15, 0.2) is 0 Å². The predicted octanol–water partition coefficient (Wildman–Crippen LogP) is 2.72. The Morgan fingerprint density at radius 3 is 2.90 bits per heavy atom. The van der Waals surface area contributed by atoms with Gasteiger partial charge in [-0.2, -0.15) is 0 Å². The molecule has 0 aromatic rings. The summed E-state index contributed by atoms with van der Waals surface area (Å²) in [5, 5.41) is 5.25. The maximum Gasteiger partial charge on any atom is 0.0647 e. The summed E-state index contributed by atoms with van der Waals surface area (Å²) in [6.07, 6.45) is 3.04. The molecule has 0 aliphatic carbocycles. The largest absolute Gasteiger partial charge is 0.379 e. The molecule has 0 aromatic heterocycles. The highest BCUT2D eigenvalue weighted by atomic mass is 32.2. The Kier molecular flexibility index (Phi) is 6.50. The van der Waals surface area contributed by atoms with Crippen molar-refractivity contribution in [3.05, 3.63) is 23.8 Å². The van der Waals surface area contributed by atoms with Gasteiger partial charge < -0.3 is 5.32 Å². The fraction of sp³-hybridized carbons (Fsp3) is 0.500. The van der Waals surface area contributed by atoms with Crippen molar-refractivity contribution in [2.45, 2.75) is 20.3 Å². The molecular formula is C8H15NS. The van der Waals surface area contributed by atoms with Crippen LogP contribution in [0, 0.1) is 0 Å². The molecule has 0 rings (SSSR count). The van der Waals surface area contributed by atoms with Crippen LogP contribution in [0.15, 0.2) is 23.8 Å². The lowest BCUT2D eigenvalue weighted by Gasteiger charge is -2.03. The van der Waals surface area contributed by atoms with Crippen LogP contribution in [0.5, 0.6) is 0 Å². The third-order valence-electron chi connectivity index (χ3n) is 1.06. The molecule has 0 amide bonds. The average Bonchev–Trinajstić information content (AvgIpc) is 1.98. The highest BCUT2D eigenvalue weighted by Crippen LogP contribution is 2.00. The third kappa shape index (κ3) is 5.76. The Morgan fingerprint density at radius 2 is 2.40 bits per heavy atom. The van der Waals surface area contributed by atoms with Crippen molar-refractivity contribution in [3.63, 3.8) is 0 Å². The Bertz CT molecular complexity index is 118. The number of hydrogen-bond donors (Lipinski definition) is 1. The first-order valence-electron chi connectivity index (χ1n) is 3.45. The van der Waals surface area contributed by atoms with Crippen molar-refractivity contribution >= 4 is 11.8 Å². The summed E-state index contributed by atoms with van der Waals surface area (Å²) in [4.78, 5) is 0. The minimum Gasteiger partial charge on any atom is -0.379 e. The van der Waals surface area contributed by atoms with Crippen LogP contribution >= 0.6 is 11.8 Å². The summed E-state index contributed by atoms with van der Waals surface area (Å²) in [6.45, 7) is 7.93. The minimum atomic E-state index is 0.928. The van der Waals surface area contributed by atoms with Crippen LogP contribution in [0.1, 0.15) is 20.3 Å². The summed E-state index contributed by atoms with van der Waals surface area (Å²) in [5.41, 5.74) is 1.11. The normalized spacial score (nSPS) is 10.2. The predicted molar refractivity (Wildman–Crippen MR) is 49.8 cm³/mol. The van der Waals surface area contributed by atoms with Crippen LogP contribution in [-0.2, 0) is 0 Å². The van der Waals surface area contributed by atoms with E-state index in [0.717, 1.165) is 18.0 Å². The molecule has 0 atom stereocenters. The zero-order valence-corrected chi connectivity index (χ0v) is 7.50. The molecule has 0 unspecified atom stereocenters. The summed E-state index contributed by atoms with van der Waals surface area (Å²) in [6, 6.07) is 0. The third-order valence-corrected chi connectivity index (χ3v) is 1.84. The molecule has 0 heterocycles. The van der Waals surface area contributed by atoms with Crippen LogP contribution in [-0.4, -0.2) is 5.88 Å². The van der Waals surface area contributed by atoms with Gasteiger partial charge in [0.25, 0.3) is 0 Å². The van der Waals surface area contributed by atoms with Gasteiger partial charge in [0.2, 0.25) is 0 Å². The molecular weight excluding hydrogens is 142 g/mol. The zero-order chi connectivity index (χ0) is 7.82. The van der Waals surface area contributed by atoms with Crippen molar-refractivity contribution < 1.29 is 0 Å². The van der Waals surface area contributed by atoms with Gasteiger partial charge >= 0.3 is 0 Å². The first-order valence-corrected chi connectivity index (χ1v) is 4.50. The number of allylic oxidation sites excluding steroid dienone is 2. The fourth-order valence-electron chi connectivity index (χ4n) is 0.413. The maximum absolute atomic E-state index is 3.82. The van der Waals surface area contributed by atoms with Gasteiger partial charge in [-0.25, -0.2) is 0 Å². The molecule has 2 heteroatoms. The van der Waals surface area contributed by atoms with E-state index in [2.05, 4.69) is 24.2 Å². The number of thioether (sulfide) groups is 1. The van der Waals surface area contributed by atoms with Gasteiger partial charge in [0.05, 0.1) is 5.88 Å². The fourth-order valence-corrected chi connectivity index (χ4v) is 0.989. The van der Waals surface area contributed by atoms with Crippen LogP contribution in [0.2, 0.25) is 0 Å². The Hall–Kier alpha value is -0.370. The van der Waals surface area contributed by atoms with E-state index in [1.165, 1.54) is 0 Å². The first kappa shape index (κ1) is 9.63. The van der Waals surface area contributed by atoms with Gasteiger partial charge in [-0.3, -0.25) is 0 Å². The molecule has 58 valence electrons. The van der Waals surface area contributed by atoms with E-state index in [1.54, 1.807) is 11.8 Å². The van der Waals surface area contributed by atoms with Crippen molar-refractivity contribution in [2.75, 3.05) is 5.88 Å². The molecule has 0 aromatic carbocycles. The van der Waals surface area contributed by atoms with E-state index >= 15 is 0 Å². The van der Waals surface area contributed by atoms with Crippen molar-refractivity contribution in [3.8, 4) is 0 Å². The molecule has 0 fully saturated rings. The van der Waals surface area contributed by atoms with Crippen LogP contribution in [0.4, 0.5) is 0 Å². The summed E-state index contributed by atoms with van der Waals surface area (Å²) >= 11 is 1.74. The molecule has 0 spiro atoms. The van der Waals surface area contributed by atoms with Gasteiger partial charge in [-0.1, -0.05) is 19.6 Å². The van der Waals surface area contributed by atoms with Crippen LogP contribution in [0.3, 0.4) is 0 Å². The van der Waals surface area contributed by atoms with Gasteiger partial charge in [-0.05, 0) is 18.8 Å². The molecule has 0 saturated carbocycles. The zero-order valence-electron chi connectivity index (χ0n) is 6.68. The lowest BCUT2D eigenvalue weighted by Crippen LogP contribution is -2.09. The highest BCUT2D eigenvalue weighted by molar-refractivity contribution is 8.02. The number of rotatable bonds is 5. The molecule has 0 radical (unpaired) electrons. The molecule has 0 aliphatic heterocycles. The van der Waals surface area contributed by atoms with E-state index in [-0.39, 0.29) is 0 Å². The SMILES string of the molecule is C=C(CC)NCS/C=C\C. The molecule has 0 bridgehead atoms. The summed E-state index contributed by atoms with van der Waals surface area (Å²) < 4.78 is 0.